The predicted molar refractivity (Wildman–Crippen MR) is 173 cm³/mol. The fourth-order valence-electron chi connectivity index (χ4n) is 5.82. The van der Waals surface area contributed by atoms with Crippen LogP contribution in [0.5, 0.6) is 5.75 Å². The minimum atomic E-state index is -1.06. The maximum atomic E-state index is 13.7. The summed E-state index contributed by atoms with van der Waals surface area (Å²) in [5, 5.41) is 2.72. The van der Waals surface area contributed by atoms with Crippen molar-refractivity contribution in [2.24, 2.45) is 34.2 Å². The van der Waals surface area contributed by atoms with E-state index < -0.39 is 35.6 Å². The van der Waals surface area contributed by atoms with Gasteiger partial charge in [0.1, 0.15) is 29.3 Å². The molecule has 45 heavy (non-hydrogen) atoms. The second-order valence-electron chi connectivity index (χ2n) is 13.6. The van der Waals surface area contributed by atoms with Gasteiger partial charge in [0.25, 0.3) is 5.91 Å². The third-order valence-corrected chi connectivity index (χ3v) is 8.60. The van der Waals surface area contributed by atoms with Crippen molar-refractivity contribution in [2.45, 2.75) is 98.3 Å². The first kappa shape index (κ1) is 35.6. The van der Waals surface area contributed by atoms with Crippen LogP contribution in [0.2, 0.25) is 0 Å². The van der Waals surface area contributed by atoms with Crippen molar-refractivity contribution in [3.8, 4) is 5.75 Å². The average molecular weight is 629 g/mol. The number of urea groups is 1. The van der Waals surface area contributed by atoms with Crippen molar-refractivity contribution in [3.05, 3.63) is 29.3 Å². The number of amides is 5. The van der Waals surface area contributed by atoms with Crippen molar-refractivity contribution in [2.75, 3.05) is 26.2 Å². The number of hydrogen-bond acceptors (Lipinski definition) is 6. The lowest BCUT2D eigenvalue weighted by atomic mass is 9.84. The van der Waals surface area contributed by atoms with E-state index in [1.165, 1.54) is 4.90 Å². The van der Waals surface area contributed by atoms with Gasteiger partial charge in [-0.3, -0.25) is 9.59 Å². The summed E-state index contributed by atoms with van der Waals surface area (Å²) < 4.78 is 11.5. The molecule has 5 amide bonds. The van der Waals surface area contributed by atoms with E-state index in [1.54, 1.807) is 37.8 Å². The summed E-state index contributed by atoms with van der Waals surface area (Å²) in [5.74, 6) is 0.974. The minimum Gasteiger partial charge on any atom is -0.494 e. The zero-order valence-corrected chi connectivity index (χ0v) is 27.9. The highest BCUT2D eigenvalue weighted by molar-refractivity contribution is 5.94. The van der Waals surface area contributed by atoms with E-state index in [0.717, 1.165) is 24.8 Å². The number of aliphatic imine (C=N–C) groups is 1. The Balaban J connectivity index is 1.61. The zero-order valence-electron chi connectivity index (χ0n) is 27.9. The van der Waals surface area contributed by atoms with Gasteiger partial charge in [0, 0.05) is 25.6 Å². The number of aryl methyl sites for hydroxylation is 1. The molecule has 12 heteroatoms. The minimum absolute atomic E-state index is 0.0373. The lowest BCUT2D eigenvalue weighted by Gasteiger charge is -2.34. The van der Waals surface area contributed by atoms with Crippen LogP contribution in [0.3, 0.4) is 0 Å². The normalized spacial score (nSPS) is 19.3. The molecule has 0 spiro atoms. The van der Waals surface area contributed by atoms with Crippen LogP contribution in [-0.4, -0.2) is 77.5 Å². The number of nitrogens with zero attached hydrogens (tertiary/aromatic N) is 3. The predicted octanol–water partition coefficient (Wildman–Crippen LogP) is 4.29. The molecule has 0 aliphatic carbocycles. The summed E-state index contributed by atoms with van der Waals surface area (Å²) in [4.78, 5) is 58.2. The molecule has 5 N–H and O–H groups in total. The number of piperidine rings is 1. The first-order valence-corrected chi connectivity index (χ1v) is 16.0. The lowest BCUT2D eigenvalue weighted by molar-refractivity contribution is -0.139. The van der Waals surface area contributed by atoms with Crippen LogP contribution in [-0.2, 0) is 14.3 Å². The Bertz CT molecular complexity index is 1250. The molecule has 250 valence electrons. The van der Waals surface area contributed by atoms with Gasteiger partial charge >= 0.3 is 12.1 Å². The zero-order chi connectivity index (χ0) is 33.5. The molecule has 2 heterocycles. The molecular formula is C33H52N6O6. The van der Waals surface area contributed by atoms with E-state index in [9.17, 15) is 19.2 Å². The summed E-state index contributed by atoms with van der Waals surface area (Å²) in [6.45, 7) is 15.4. The molecule has 3 rings (SSSR count). The Morgan fingerprint density at radius 1 is 1.04 bits per heavy atom. The molecule has 1 aromatic carbocycles. The van der Waals surface area contributed by atoms with Gasteiger partial charge in [0.15, 0.2) is 0 Å². The van der Waals surface area contributed by atoms with Crippen molar-refractivity contribution in [1.29, 1.82) is 0 Å². The first-order chi connectivity index (χ1) is 21.1. The Labute approximate surface area is 267 Å². The van der Waals surface area contributed by atoms with Gasteiger partial charge in [-0.2, -0.15) is 4.99 Å². The molecule has 0 saturated carbocycles. The van der Waals surface area contributed by atoms with Gasteiger partial charge in [-0.15, -0.1) is 0 Å². The molecule has 0 bridgehead atoms. The number of rotatable bonds is 10. The smallest absolute Gasteiger partial charge is 0.408 e. The van der Waals surface area contributed by atoms with Gasteiger partial charge in [0.05, 0.1) is 6.61 Å². The summed E-state index contributed by atoms with van der Waals surface area (Å²) in [5.41, 5.74) is 12.0. The second-order valence-corrected chi connectivity index (χ2v) is 13.6. The van der Waals surface area contributed by atoms with Gasteiger partial charge in [-0.1, -0.05) is 26.8 Å². The number of alkyl carbamates (subject to hydrolysis) is 1. The topological polar surface area (TPSA) is 170 Å². The molecule has 2 aliphatic rings. The van der Waals surface area contributed by atoms with Crippen molar-refractivity contribution in [3.63, 3.8) is 0 Å². The summed E-state index contributed by atoms with van der Waals surface area (Å²) in [6, 6.07) is 3.37. The van der Waals surface area contributed by atoms with Crippen LogP contribution < -0.4 is 21.5 Å². The molecule has 1 aromatic rings. The molecule has 2 saturated heterocycles. The number of ether oxygens (including phenoxy) is 2. The maximum absolute atomic E-state index is 13.7. The quantitative estimate of drug-likeness (QED) is 0.256. The van der Waals surface area contributed by atoms with Crippen LogP contribution in [0.25, 0.3) is 0 Å². The number of benzene rings is 1. The van der Waals surface area contributed by atoms with Crippen LogP contribution in [0.4, 0.5) is 9.59 Å². The monoisotopic (exact) mass is 628 g/mol. The highest BCUT2D eigenvalue weighted by Crippen LogP contribution is 2.30. The Morgan fingerprint density at radius 2 is 1.71 bits per heavy atom. The number of amidine groups is 1. The Morgan fingerprint density at radius 3 is 2.29 bits per heavy atom. The second kappa shape index (κ2) is 15.4. The molecule has 12 nitrogen and oxygen atoms in total. The molecule has 2 fully saturated rings. The third-order valence-electron chi connectivity index (χ3n) is 8.60. The number of carbonyl (C=O) groups is 4. The maximum Gasteiger partial charge on any atom is 0.408 e. The van der Waals surface area contributed by atoms with Crippen molar-refractivity contribution >= 4 is 29.8 Å². The van der Waals surface area contributed by atoms with Crippen LogP contribution in [0.1, 0.15) is 90.8 Å². The van der Waals surface area contributed by atoms with Crippen LogP contribution in [0.15, 0.2) is 23.2 Å². The van der Waals surface area contributed by atoms with Gasteiger partial charge in [-0.25, -0.2) is 9.59 Å². The van der Waals surface area contributed by atoms with E-state index >= 15 is 0 Å². The summed E-state index contributed by atoms with van der Waals surface area (Å²) in [7, 11) is 0. The fourth-order valence-corrected chi connectivity index (χ4v) is 5.82. The molecule has 3 atom stereocenters. The SMILES string of the molecule is Cc1cc(OCC[C@@H](C)C2CCN(C(=O)N=C(N)C(C)C)CC2)ccc1C(NC(=O)OC(C)(C)C)C(=O)N1CCC[C@H]1C(N)=O. The number of nitrogens with one attached hydrogen (secondary N) is 1. The Kier molecular flexibility index (Phi) is 12.2. The van der Waals surface area contributed by atoms with Crippen molar-refractivity contribution < 1.29 is 28.7 Å². The Hall–Kier alpha value is -3.83. The molecule has 0 aromatic heterocycles. The van der Waals surface area contributed by atoms with E-state index in [2.05, 4.69) is 17.2 Å². The van der Waals surface area contributed by atoms with E-state index in [4.69, 9.17) is 20.9 Å². The summed E-state index contributed by atoms with van der Waals surface area (Å²) in [6.07, 6.45) is 3.08. The first-order valence-electron chi connectivity index (χ1n) is 16.0. The third kappa shape index (κ3) is 10.1. The van der Waals surface area contributed by atoms with E-state index in [-0.39, 0.29) is 11.9 Å². The summed E-state index contributed by atoms with van der Waals surface area (Å²) >= 11 is 0. The van der Waals surface area contributed by atoms with Gasteiger partial charge < -0.3 is 36.1 Å². The van der Waals surface area contributed by atoms with E-state index in [1.807, 2.05) is 26.8 Å². The average Bonchev–Trinajstić information content (AvgIpc) is 3.45. The number of nitrogens with two attached hydrogens (primary N) is 2. The highest BCUT2D eigenvalue weighted by atomic mass is 16.6. The van der Waals surface area contributed by atoms with Gasteiger partial charge in [-0.05, 0) is 94.9 Å². The number of hydrogen-bond donors (Lipinski definition) is 3. The molecular weight excluding hydrogens is 576 g/mol. The van der Waals surface area contributed by atoms with Gasteiger partial charge in [0.2, 0.25) is 5.91 Å². The number of likely N-dealkylation sites (tertiary alicyclic amines) is 2. The fraction of sp³-hybridized carbons (Fsp3) is 0.667. The van der Waals surface area contributed by atoms with Crippen molar-refractivity contribution in [1.82, 2.24) is 15.1 Å². The van der Waals surface area contributed by atoms with Crippen LogP contribution >= 0.6 is 0 Å². The molecule has 0 radical (unpaired) electrons. The molecule has 1 unspecified atom stereocenters. The number of primary amides is 1. The number of carbonyl (C=O) groups excluding carboxylic acids is 4. The standard InChI is InChI=1S/C33H52N6O6/c1-20(2)28(34)37-31(42)38-16-12-23(13-17-38)21(3)14-18-44-24-10-11-25(22(4)19-24)27(36-32(43)45-33(5,6)7)30(41)39-15-8-9-26(39)29(35)40/h10-11,19-21,23,26-27H,8-9,12-18H2,1-7H3,(H2,35,40)(H,36,43)(H2,34,37,42)/t21-,26+,27?/m1/s1. The molecule has 2 aliphatic heterocycles. The van der Waals surface area contributed by atoms with Crippen LogP contribution in [0, 0.1) is 24.7 Å². The largest absolute Gasteiger partial charge is 0.494 e. The highest BCUT2D eigenvalue weighted by Gasteiger charge is 2.38. The lowest BCUT2D eigenvalue weighted by Crippen LogP contribution is -2.49. The van der Waals surface area contributed by atoms with E-state index in [0.29, 0.717) is 68.1 Å².